The molecule has 0 unspecified atom stereocenters. The molecule has 3 nitrogen and oxygen atoms in total. The third-order valence-corrected chi connectivity index (χ3v) is 2.59. The molecule has 1 aromatic heterocycles. The van der Waals surface area contributed by atoms with Crippen molar-refractivity contribution in [3.63, 3.8) is 0 Å². The van der Waals surface area contributed by atoms with Gasteiger partial charge in [-0.3, -0.25) is 4.90 Å². The van der Waals surface area contributed by atoms with Gasteiger partial charge in [-0.05, 0) is 13.6 Å². The lowest BCUT2D eigenvalue weighted by atomic mass is 10.5. The van der Waals surface area contributed by atoms with E-state index in [0.29, 0.717) is 0 Å². The molecular formula is C8H14N2OS. The number of aliphatic hydroxyl groups excluding tert-OH is 1. The van der Waals surface area contributed by atoms with Crippen LogP contribution in [0.5, 0.6) is 0 Å². The second kappa shape index (κ2) is 4.54. The summed E-state index contributed by atoms with van der Waals surface area (Å²) in [7, 11) is 2.06. The van der Waals surface area contributed by atoms with Gasteiger partial charge in [-0.15, -0.1) is 11.3 Å². The average Bonchev–Trinajstić information content (AvgIpc) is 2.52. The van der Waals surface area contributed by atoms with Crippen molar-refractivity contribution in [1.82, 2.24) is 9.88 Å². The molecule has 0 aliphatic heterocycles. The second-order valence-electron chi connectivity index (χ2n) is 2.72. The van der Waals surface area contributed by atoms with Gasteiger partial charge in [-0.25, -0.2) is 4.98 Å². The largest absolute Gasteiger partial charge is 0.390 e. The van der Waals surface area contributed by atoms with Gasteiger partial charge in [0.05, 0.1) is 18.8 Å². The van der Waals surface area contributed by atoms with Crippen LogP contribution in [0, 0.1) is 0 Å². The predicted octanol–water partition coefficient (Wildman–Crippen LogP) is 1.09. The zero-order chi connectivity index (χ0) is 8.97. The summed E-state index contributed by atoms with van der Waals surface area (Å²) in [4.78, 5) is 6.42. The Bertz CT molecular complexity index is 237. The maximum atomic E-state index is 8.77. The molecule has 1 N–H and O–H groups in total. The first-order valence-electron chi connectivity index (χ1n) is 3.99. The molecule has 68 valence electrons. The van der Waals surface area contributed by atoms with Crippen LogP contribution in [0.25, 0.3) is 0 Å². The van der Waals surface area contributed by atoms with Gasteiger partial charge in [0.25, 0.3) is 0 Å². The normalized spacial score (nSPS) is 11.0. The SMILES string of the molecule is CCN(C)Cc1nc(CO)cs1. The van der Waals surface area contributed by atoms with Crippen molar-refractivity contribution in [3.05, 3.63) is 16.1 Å². The number of aromatic nitrogens is 1. The number of aliphatic hydroxyl groups is 1. The molecule has 0 aromatic carbocycles. The van der Waals surface area contributed by atoms with Crippen molar-refractivity contribution in [2.75, 3.05) is 13.6 Å². The lowest BCUT2D eigenvalue weighted by Crippen LogP contribution is -2.16. The van der Waals surface area contributed by atoms with Gasteiger partial charge in [0.1, 0.15) is 5.01 Å². The first kappa shape index (κ1) is 9.64. The number of rotatable bonds is 4. The second-order valence-corrected chi connectivity index (χ2v) is 3.66. The molecule has 1 rings (SSSR count). The van der Waals surface area contributed by atoms with Crippen molar-refractivity contribution >= 4 is 11.3 Å². The van der Waals surface area contributed by atoms with Gasteiger partial charge >= 0.3 is 0 Å². The molecule has 0 atom stereocenters. The number of thiazole rings is 1. The zero-order valence-electron chi connectivity index (χ0n) is 7.45. The van der Waals surface area contributed by atoms with Gasteiger partial charge in [0.15, 0.2) is 0 Å². The van der Waals surface area contributed by atoms with E-state index >= 15 is 0 Å². The van der Waals surface area contributed by atoms with E-state index in [2.05, 4.69) is 23.9 Å². The molecular weight excluding hydrogens is 172 g/mol. The topological polar surface area (TPSA) is 36.4 Å². The lowest BCUT2D eigenvalue weighted by Gasteiger charge is -2.10. The van der Waals surface area contributed by atoms with Crippen LogP contribution in [-0.4, -0.2) is 28.6 Å². The molecule has 1 aromatic rings. The van der Waals surface area contributed by atoms with Crippen LogP contribution >= 0.6 is 11.3 Å². The zero-order valence-corrected chi connectivity index (χ0v) is 8.27. The Morgan fingerprint density at radius 2 is 2.42 bits per heavy atom. The van der Waals surface area contributed by atoms with Gasteiger partial charge in [-0.1, -0.05) is 6.92 Å². The fourth-order valence-corrected chi connectivity index (χ4v) is 1.70. The molecule has 0 saturated carbocycles. The maximum Gasteiger partial charge on any atom is 0.107 e. The summed E-state index contributed by atoms with van der Waals surface area (Å²) in [6.45, 7) is 4.06. The van der Waals surface area contributed by atoms with E-state index < -0.39 is 0 Å². The molecule has 0 bridgehead atoms. The quantitative estimate of drug-likeness (QED) is 0.764. The van der Waals surface area contributed by atoms with Crippen LogP contribution in [0.2, 0.25) is 0 Å². The monoisotopic (exact) mass is 186 g/mol. The van der Waals surface area contributed by atoms with Crippen molar-refractivity contribution in [3.8, 4) is 0 Å². The van der Waals surface area contributed by atoms with Crippen LogP contribution in [0.1, 0.15) is 17.6 Å². The highest BCUT2D eigenvalue weighted by Gasteiger charge is 2.02. The van der Waals surface area contributed by atoms with E-state index in [1.807, 2.05) is 5.38 Å². The van der Waals surface area contributed by atoms with Crippen molar-refractivity contribution in [1.29, 1.82) is 0 Å². The maximum absolute atomic E-state index is 8.77. The van der Waals surface area contributed by atoms with Crippen LogP contribution in [0.4, 0.5) is 0 Å². The fourth-order valence-electron chi connectivity index (χ4n) is 0.837. The van der Waals surface area contributed by atoms with Crippen molar-refractivity contribution in [2.24, 2.45) is 0 Å². The summed E-state index contributed by atoms with van der Waals surface area (Å²) in [5.41, 5.74) is 0.777. The summed E-state index contributed by atoms with van der Waals surface area (Å²) >= 11 is 1.61. The molecule has 1 heterocycles. The standard InChI is InChI=1S/C8H14N2OS/c1-3-10(2)4-8-9-7(5-11)6-12-8/h6,11H,3-5H2,1-2H3. The van der Waals surface area contributed by atoms with Gasteiger partial charge in [0.2, 0.25) is 0 Å². The van der Waals surface area contributed by atoms with Crippen LogP contribution in [0.3, 0.4) is 0 Å². The van der Waals surface area contributed by atoms with Gasteiger partial charge in [0, 0.05) is 5.38 Å². The molecule has 0 saturated heterocycles. The highest BCUT2D eigenvalue weighted by atomic mass is 32.1. The third-order valence-electron chi connectivity index (χ3n) is 1.71. The molecule has 4 heteroatoms. The van der Waals surface area contributed by atoms with E-state index in [1.165, 1.54) is 0 Å². The molecule has 0 aliphatic rings. The molecule has 12 heavy (non-hydrogen) atoms. The first-order chi connectivity index (χ1) is 5.76. The summed E-state index contributed by atoms with van der Waals surface area (Å²) in [6, 6.07) is 0. The number of nitrogens with zero attached hydrogens (tertiary/aromatic N) is 2. The van der Waals surface area contributed by atoms with E-state index in [-0.39, 0.29) is 6.61 Å². The Labute approximate surface area is 76.7 Å². The highest BCUT2D eigenvalue weighted by molar-refractivity contribution is 7.09. The van der Waals surface area contributed by atoms with E-state index in [9.17, 15) is 0 Å². The van der Waals surface area contributed by atoms with E-state index in [0.717, 1.165) is 23.8 Å². The Balaban J connectivity index is 2.52. The molecule has 0 radical (unpaired) electrons. The molecule has 0 fully saturated rings. The minimum atomic E-state index is 0.0480. The smallest absolute Gasteiger partial charge is 0.107 e. The summed E-state index contributed by atoms with van der Waals surface area (Å²) in [5, 5.41) is 11.7. The average molecular weight is 186 g/mol. The Hall–Kier alpha value is -0.450. The number of hydrogen-bond donors (Lipinski definition) is 1. The predicted molar refractivity (Wildman–Crippen MR) is 50.0 cm³/mol. The highest BCUT2D eigenvalue weighted by Crippen LogP contribution is 2.11. The van der Waals surface area contributed by atoms with E-state index in [4.69, 9.17) is 5.11 Å². The first-order valence-corrected chi connectivity index (χ1v) is 4.87. The minimum Gasteiger partial charge on any atom is -0.390 e. The third kappa shape index (κ3) is 2.55. The number of hydrogen-bond acceptors (Lipinski definition) is 4. The van der Waals surface area contributed by atoms with Crippen LogP contribution in [-0.2, 0) is 13.2 Å². The summed E-state index contributed by atoms with van der Waals surface area (Å²) < 4.78 is 0. The molecule has 0 amide bonds. The lowest BCUT2D eigenvalue weighted by molar-refractivity contribution is 0.276. The molecule has 0 aliphatic carbocycles. The van der Waals surface area contributed by atoms with Crippen molar-refractivity contribution < 1.29 is 5.11 Å². The van der Waals surface area contributed by atoms with Gasteiger partial charge < -0.3 is 5.11 Å². The van der Waals surface area contributed by atoms with Crippen LogP contribution < -0.4 is 0 Å². The summed E-state index contributed by atoms with van der Waals surface area (Å²) in [6.07, 6.45) is 0. The Kier molecular flexibility index (Phi) is 3.65. The minimum absolute atomic E-state index is 0.0480. The van der Waals surface area contributed by atoms with Crippen LogP contribution in [0.15, 0.2) is 5.38 Å². The van der Waals surface area contributed by atoms with Crippen molar-refractivity contribution in [2.45, 2.75) is 20.1 Å². The Morgan fingerprint density at radius 3 is 2.92 bits per heavy atom. The van der Waals surface area contributed by atoms with E-state index in [1.54, 1.807) is 11.3 Å². The Morgan fingerprint density at radius 1 is 1.67 bits per heavy atom. The molecule has 0 spiro atoms. The fraction of sp³-hybridized carbons (Fsp3) is 0.625. The van der Waals surface area contributed by atoms with Gasteiger partial charge in [-0.2, -0.15) is 0 Å². The summed E-state index contributed by atoms with van der Waals surface area (Å²) in [5.74, 6) is 0.